The van der Waals surface area contributed by atoms with Gasteiger partial charge < -0.3 is 19.6 Å². The lowest BCUT2D eigenvalue weighted by Crippen LogP contribution is -2.54. The molecule has 5 saturated heterocycles. The van der Waals surface area contributed by atoms with Gasteiger partial charge in [0.25, 0.3) is 17.7 Å². The Labute approximate surface area is 343 Å². The van der Waals surface area contributed by atoms with Gasteiger partial charge in [-0.2, -0.15) is 5.26 Å². The molecule has 6 aliphatic rings. The van der Waals surface area contributed by atoms with Crippen LogP contribution in [0.2, 0.25) is 5.02 Å². The SMILES string of the molecule is N#Cc1ccc(N2CCC3(CC2)CCN(c2ccc(C(=O)N4CCN(C5CCN(c6ccc7c(c6)C(=O)N(C6CCC(=O)NC6=O)C7=O)CC5)CC4)cc2)C3)cc1Cl. The molecule has 0 radical (unpaired) electrons. The van der Waals surface area contributed by atoms with Gasteiger partial charge in [-0.25, -0.2) is 0 Å². The van der Waals surface area contributed by atoms with Gasteiger partial charge in [0.15, 0.2) is 0 Å². The number of benzene rings is 3. The maximum atomic E-state index is 13.6. The van der Waals surface area contributed by atoms with E-state index in [4.69, 9.17) is 11.6 Å². The molecule has 3 aromatic rings. The molecule has 1 atom stereocenters. The molecule has 14 heteroatoms. The predicted octanol–water partition coefficient (Wildman–Crippen LogP) is 4.54. The number of nitrogens with zero attached hydrogens (tertiary/aromatic N) is 7. The maximum absolute atomic E-state index is 13.6. The van der Waals surface area contributed by atoms with E-state index in [1.165, 1.54) is 5.69 Å². The third-order valence-corrected chi connectivity index (χ3v) is 13.9. The zero-order valence-corrected chi connectivity index (χ0v) is 33.3. The summed E-state index contributed by atoms with van der Waals surface area (Å²) in [5.74, 6) is -1.91. The summed E-state index contributed by atoms with van der Waals surface area (Å²) in [6.07, 6.45) is 5.49. The van der Waals surface area contributed by atoms with Crippen LogP contribution in [0.4, 0.5) is 17.1 Å². The fourth-order valence-corrected chi connectivity index (χ4v) is 10.2. The second kappa shape index (κ2) is 15.4. The van der Waals surface area contributed by atoms with Crippen LogP contribution in [0.25, 0.3) is 0 Å². The first-order valence-electron chi connectivity index (χ1n) is 20.5. The Balaban J connectivity index is 0.734. The van der Waals surface area contributed by atoms with E-state index in [2.05, 4.69) is 43.1 Å². The van der Waals surface area contributed by atoms with Gasteiger partial charge in [-0.1, -0.05) is 11.6 Å². The molecule has 5 amide bonds. The number of piperidine rings is 3. The van der Waals surface area contributed by atoms with Gasteiger partial charge in [0.1, 0.15) is 12.1 Å². The summed E-state index contributed by atoms with van der Waals surface area (Å²) in [4.78, 5) is 76.7. The number of fused-ring (bicyclic) bond motifs is 1. The molecular weight excluding hydrogens is 756 g/mol. The van der Waals surface area contributed by atoms with E-state index < -0.39 is 29.7 Å². The molecule has 1 unspecified atom stereocenters. The molecule has 9 rings (SSSR count). The van der Waals surface area contributed by atoms with Crippen molar-refractivity contribution in [3.63, 3.8) is 0 Å². The summed E-state index contributed by atoms with van der Waals surface area (Å²) < 4.78 is 0. The third-order valence-electron chi connectivity index (χ3n) is 13.6. The molecule has 6 aliphatic heterocycles. The number of hydrogen-bond donors (Lipinski definition) is 1. The highest BCUT2D eigenvalue weighted by Crippen LogP contribution is 2.43. The van der Waals surface area contributed by atoms with Crippen molar-refractivity contribution < 1.29 is 24.0 Å². The molecule has 0 saturated carbocycles. The highest BCUT2D eigenvalue weighted by Gasteiger charge is 2.45. The number of hydrogen-bond acceptors (Lipinski definition) is 10. The molecule has 1 spiro atoms. The van der Waals surface area contributed by atoms with Crippen molar-refractivity contribution in [2.45, 2.75) is 57.0 Å². The Morgan fingerprint density at radius 1 is 0.707 bits per heavy atom. The largest absolute Gasteiger partial charge is 0.371 e. The van der Waals surface area contributed by atoms with Crippen LogP contribution < -0.4 is 20.0 Å². The van der Waals surface area contributed by atoms with Gasteiger partial charge in [0, 0.05) is 101 Å². The topological polar surface area (TPSA) is 141 Å². The molecule has 300 valence electrons. The van der Waals surface area contributed by atoms with Crippen molar-refractivity contribution >= 4 is 58.2 Å². The Hall–Kier alpha value is -5.45. The molecule has 5 fully saturated rings. The maximum Gasteiger partial charge on any atom is 0.262 e. The van der Waals surface area contributed by atoms with Crippen molar-refractivity contribution in [1.29, 1.82) is 5.26 Å². The van der Waals surface area contributed by atoms with Crippen LogP contribution >= 0.6 is 11.6 Å². The number of amides is 5. The Morgan fingerprint density at radius 3 is 2.00 bits per heavy atom. The summed E-state index contributed by atoms with van der Waals surface area (Å²) in [6, 6.07) is 20.8. The fourth-order valence-electron chi connectivity index (χ4n) is 10.0. The van der Waals surface area contributed by atoms with Crippen molar-refractivity contribution in [2.24, 2.45) is 5.41 Å². The number of carbonyl (C=O) groups is 5. The van der Waals surface area contributed by atoms with Crippen LogP contribution in [-0.2, 0) is 9.59 Å². The normalized spacial score (nSPS) is 22.8. The summed E-state index contributed by atoms with van der Waals surface area (Å²) in [5.41, 5.74) is 5.22. The number of piperazine rings is 1. The summed E-state index contributed by atoms with van der Waals surface area (Å²) in [5, 5.41) is 12.0. The van der Waals surface area contributed by atoms with Crippen LogP contribution in [-0.4, -0.2) is 122 Å². The average molecular weight is 803 g/mol. The van der Waals surface area contributed by atoms with E-state index in [1.54, 1.807) is 18.2 Å². The van der Waals surface area contributed by atoms with Crippen molar-refractivity contribution in [3.05, 3.63) is 87.9 Å². The first kappa shape index (κ1) is 38.1. The van der Waals surface area contributed by atoms with E-state index >= 15 is 0 Å². The molecule has 6 heterocycles. The molecule has 0 aliphatic carbocycles. The number of rotatable bonds is 6. The monoisotopic (exact) mass is 802 g/mol. The van der Waals surface area contributed by atoms with E-state index in [0.29, 0.717) is 35.3 Å². The van der Waals surface area contributed by atoms with Crippen molar-refractivity contribution in [3.8, 4) is 6.07 Å². The zero-order chi connectivity index (χ0) is 40.1. The van der Waals surface area contributed by atoms with Crippen LogP contribution in [0.3, 0.4) is 0 Å². The minimum atomic E-state index is -0.978. The number of imide groups is 2. The Morgan fingerprint density at radius 2 is 1.33 bits per heavy atom. The smallest absolute Gasteiger partial charge is 0.262 e. The fraction of sp³-hybridized carbons (Fsp3) is 0.455. The second-order valence-electron chi connectivity index (χ2n) is 16.7. The molecule has 1 N–H and O–H groups in total. The Kier molecular flexibility index (Phi) is 10.1. The number of anilines is 3. The quantitative estimate of drug-likeness (QED) is 0.354. The van der Waals surface area contributed by atoms with Gasteiger partial charge in [-0.15, -0.1) is 0 Å². The first-order chi connectivity index (χ1) is 28.1. The van der Waals surface area contributed by atoms with Gasteiger partial charge >= 0.3 is 0 Å². The second-order valence-corrected chi connectivity index (χ2v) is 17.1. The lowest BCUT2D eigenvalue weighted by molar-refractivity contribution is -0.136. The lowest BCUT2D eigenvalue weighted by atomic mass is 9.77. The van der Waals surface area contributed by atoms with E-state index in [9.17, 15) is 29.2 Å². The molecule has 0 bridgehead atoms. The third kappa shape index (κ3) is 7.06. The minimum absolute atomic E-state index is 0.0787. The number of nitriles is 1. The zero-order valence-electron chi connectivity index (χ0n) is 32.5. The first-order valence-corrected chi connectivity index (χ1v) is 20.9. The van der Waals surface area contributed by atoms with Gasteiger partial charge in [-0.05, 0) is 105 Å². The van der Waals surface area contributed by atoms with Crippen LogP contribution in [0.1, 0.15) is 81.6 Å². The van der Waals surface area contributed by atoms with Gasteiger partial charge in [-0.3, -0.25) is 39.1 Å². The summed E-state index contributed by atoms with van der Waals surface area (Å²) in [7, 11) is 0. The van der Waals surface area contributed by atoms with Crippen molar-refractivity contribution in [1.82, 2.24) is 20.0 Å². The molecule has 0 aromatic heterocycles. The molecular formula is C44H47ClN8O5. The number of nitrogens with one attached hydrogen (secondary N) is 1. The number of carbonyl (C=O) groups excluding carboxylic acids is 5. The average Bonchev–Trinajstić information content (AvgIpc) is 3.77. The van der Waals surface area contributed by atoms with Gasteiger partial charge in [0.05, 0.1) is 21.7 Å². The molecule has 13 nitrogen and oxygen atoms in total. The number of halogens is 1. The standard InChI is InChI=1S/C44H47ClN8O5/c45-37-26-34(6-3-30(37)27-46)49-18-13-44(14-19-49)15-20-52(28-44)31-4-1-29(2-5-31)41(56)51-23-21-50(22-24-51)32-11-16-48(17-12-32)33-7-8-35-36(25-33)43(58)53(42(35)57)38-9-10-39(54)47-40(38)55/h1-8,25-26,32,38H,9-24,28H2,(H,47,54,55). The minimum Gasteiger partial charge on any atom is -0.371 e. The van der Waals surface area contributed by atoms with E-state index in [0.717, 1.165) is 106 Å². The van der Waals surface area contributed by atoms with E-state index in [1.807, 2.05) is 35.2 Å². The van der Waals surface area contributed by atoms with E-state index in [-0.39, 0.29) is 29.7 Å². The molecule has 3 aromatic carbocycles. The lowest BCUT2D eigenvalue weighted by Gasteiger charge is -2.43. The van der Waals surface area contributed by atoms with Crippen molar-refractivity contribution in [2.75, 3.05) is 80.1 Å². The van der Waals surface area contributed by atoms with Crippen LogP contribution in [0.5, 0.6) is 0 Å². The summed E-state index contributed by atoms with van der Waals surface area (Å²) in [6.45, 7) is 8.59. The predicted molar refractivity (Wildman–Crippen MR) is 219 cm³/mol. The Bertz CT molecular complexity index is 2200. The highest BCUT2D eigenvalue weighted by atomic mass is 35.5. The van der Waals surface area contributed by atoms with Crippen LogP contribution in [0, 0.1) is 16.7 Å². The highest BCUT2D eigenvalue weighted by molar-refractivity contribution is 6.32. The summed E-state index contributed by atoms with van der Waals surface area (Å²) >= 11 is 6.32. The van der Waals surface area contributed by atoms with Gasteiger partial charge in [0.2, 0.25) is 11.8 Å². The molecule has 58 heavy (non-hydrogen) atoms. The van der Waals surface area contributed by atoms with Crippen LogP contribution in [0.15, 0.2) is 60.7 Å².